The molecule has 0 saturated heterocycles. The van der Waals surface area contributed by atoms with Crippen molar-refractivity contribution in [2.24, 2.45) is 11.8 Å². The van der Waals surface area contributed by atoms with Gasteiger partial charge in [0.25, 0.3) is 0 Å². The Hall–Kier alpha value is -1.41. The zero-order chi connectivity index (χ0) is 17.5. The van der Waals surface area contributed by atoms with Crippen LogP contribution in [0.3, 0.4) is 0 Å². The monoisotopic (exact) mass is 371 g/mol. The van der Waals surface area contributed by atoms with Gasteiger partial charge in [0, 0.05) is 29.9 Å². The highest BCUT2D eigenvalue weighted by atomic mass is 32.2. The predicted molar refractivity (Wildman–Crippen MR) is 91.2 cm³/mol. The Balaban J connectivity index is 1.86. The minimum Gasteiger partial charge on any atom is -0.462 e. The smallest absolute Gasteiger partial charge is 0.357 e. The van der Waals surface area contributed by atoms with Crippen LogP contribution in [-0.2, 0) is 19.1 Å². The van der Waals surface area contributed by atoms with Crippen molar-refractivity contribution in [1.82, 2.24) is 4.98 Å². The maximum Gasteiger partial charge on any atom is 0.357 e. The normalized spacial score (nSPS) is 23.0. The molecule has 132 valence electrons. The molecule has 0 radical (unpaired) electrons. The molecule has 0 spiro atoms. The van der Waals surface area contributed by atoms with Gasteiger partial charge in [-0.15, -0.1) is 11.3 Å². The Labute approximate surface area is 149 Å². The number of hydrogen-bond acceptors (Lipinski definition) is 8. The number of nitrogens with zero attached hydrogens (tertiary/aromatic N) is 1. The minimum absolute atomic E-state index is 0.0543. The summed E-state index contributed by atoms with van der Waals surface area (Å²) in [5, 5.41) is 1.69. The van der Waals surface area contributed by atoms with Gasteiger partial charge in [-0.05, 0) is 26.2 Å². The van der Waals surface area contributed by atoms with Crippen LogP contribution >= 0.6 is 23.1 Å². The van der Waals surface area contributed by atoms with Gasteiger partial charge in [-0.3, -0.25) is 4.79 Å². The number of carbonyl (C=O) groups excluding carboxylic acids is 3. The number of carbonyl (C=O) groups is 3. The highest BCUT2D eigenvalue weighted by molar-refractivity contribution is 8.01. The highest BCUT2D eigenvalue weighted by Gasteiger charge is 2.37. The number of hydrogen-bond donors (Lipinski definition) is 0. The number of thioether (sulfide) groups is 1. The van der Waals surface area contributed by atoms with Crippen LogP contribution in [0.2, 0.25) is 0 Å². The van der Waals surface area contributed by atoms with Gasteiger partial charge in [-0.1, -0.05) is 11.8 Å². The number of rotatable bonds is 8. The van der Waals surface area contributed by atoms with Crippen molar-refractivity contribution in [2.45, 2.75) is 43.6 Å². The molecule has 1 heterocycles. The molecule has 24 heavy (non-hydrogen) atoms. The summed E-state index contributed by atoms with van der Waals surface area (Å²) in [5.74, 6) is 0.0444. The van der Waals surface area contributed by atoms with E-state index in [1.165, 1.54) is 18.3 Å². The van der Waals surface area contributed by atoms with Crippen LogP contribution < -0.4 is 0 Å². The van der Waals surface area contributed by atoms with Gasteiger partial charge < -0.3 is 14.3 Å². The first-order chi connectivity index (χ1) is 11.5. The Bertz CT molecular complexity index is 589. The van der Waals surface area contributed by atoms with E-state index in [4.69, 9.17) is 9.47 Å². The van der Waals surface area contributed by atoms with E-state index < -0.39 is 5.97 Å². The number of esters is 2. The second-order valence-corrected chi connectivity index (χ2v) is 7.75. The van der Waals surface area contributed by atoms with E-state index in [2.05, 4.69) is 4.98 Å². The lowest BCUT2D eigenvalue weighted by atomic mass is 9.93. The molecule has 0 amide bonds. The summed E-state index contributed by atoms with van der Waals surface area (Å²) in [6, 6.07) is 0. The molecule has 0 bridgehead atoms. The first kappa shape index (κ1) is 18.9. The summed E-state index contributed by atoms with van der Waals surface area (Å²) in [7, 11) is 0. The van der Waals surface area contributed by atoms with Crippen LogP contribution in [0.25, 0.3) is 0 Å². The fourth-order valence-electron chi connectivity index (χ4n) is 2.89. The molecule has 3 atom stereocenters. The molecule has 0 aromatic carbocycles. The summed E-state index contributed by atoms with van der Waals surface area (Å²) in [4.78, 5) is 38.2. The van der Waals surface area contributed by atoms with Crippen molar-refractivity contribution in [3.63, 3.8) is 0 Å². The van der Waals surface area contributed by atoms with E-state index >= 15 is 0 Å². The van der Waals surface area contributed by atoms with E-state index in [1.807, 2.05) is 0 Å². The first-order valence-corrected chi connectivity index (χ1v) is 9.79. The Morgan fingerprint density at radius 1 is 1.46 bits per heavy atom. The second kappa shape index (κ2) is 9.17. The summed E-state index contributed by atoms with van der Waals surface area (Å²) < 4.78 is 11.0. The molecule has 1 aromatic heterocycles. The molecule has 1 aromatic rings. The lowest BCUT2D eigenvalue weighted by Gasteiger charge is -2.21. The Morgan fingerprint density at radius 3 is 2.92 bits per heavy atom. The maximum absolute atomic E-state index is 11.6. The molecule has 1 aliphatic rings. The van der Waals surface area contributed by atoms with Crippen molar-refractivity contribution in [1.29, 1.82) is 0 Å². The van der Waals surface area contributed by atoms with Crippen LogP contribution in [0, 0.1) is 11.8 Å². The van der Waals surface area contributed by atoms with Crippen molar-refractivity contribution >= 4 is 41.3 Å². The predicted octanol–water partition coefficient (Wildman–Crippen LogP) is 2.96. The van der Waals surface area contributed by atoms with Gasteiger partial charge >= 0.3 is 11.9 Å². The average molecular weight is 371 g/mol. The van der Waals surface area contributed by atoms with Crippen molar-refractivity contribution in [3.05, 3.63) is 11.1 Å². The lowest BCUT2D eigenvalue weighted by molar-refractivity contribution is -0.148. The van der Waals surface area contributed by atoms with Gasteiger partial charge in [0.2, 0.25) is 0 Å². The van der Waals surface area contributed by atoms with Crippen LogP contribution in [0.1, 0.15) is 43.6 Å². The van der Waals surface area contributed by atoms with Crippen molar-refractivity contribution in [2.75, 3.05) is 12.4 Å². The number of aldehydes is 1. The number of thiazole rings is 1. The topological polar surface area (TPSA) is 82.6 Å². The average Bonchev–Trinajstić information content (AvgIpc) is 3.15. The highest BCUT2D eigenvalue weighted by Crippen LogP contribution is 2.37. The molecule has 0 unspecified atom stereocenters. The van der Waals surface area contributed by atoms with Gasteiger partial charge in [0.05, 0.1) is 6.61 Å². The van der Waals surface area contributed by atoms with E-state index in [9.17, 15) is 14.4 Å². The summed E-state index contributed by atoms with van der Waals surface area (Å²) in [6.07, 6.45) is 3.06. The molecule has 0 N–H and O–H groups in total. The van der Waals surface area contributed by atoms with E-state index in [0.29, 0.717) is 12.3 Å². The molecule has 1 aliphatic carbocycles. The summed E-state index contributed by atoms with van der Waals surface area (Å²) >= 11 is 2.94. The van der Waals surface area contributed by atoms with Gasteiger partial charge in [-0.25, -0.2) is 9.78 Å². The largest absolute Gasteiger partial charge is 0.462 e. The van der Waals surface area contributed by atoms with Gasteiger partial charge in [0.15, 0.2) is 10.0 Å². The zero-order valence-electron chi connectivity index (χ0n) is 13.7. The molecule has 8 heteroatoms. The fourth-order valence-corrected chi connectivity index (χ4v) is 4.80. The summed E-state index contributed by atoms with van der Waals surface area (Å²) in [5.41, 5.74) is 0.328. The Morgan fingerprint density at radius 2 is 2.25 bits per heavy atom. The van der Waals surface area contributed by atoms with Gasteiger partial charge in [0.1, 0.15) is 12.4 Å². The van der Waals surface area contributed by atoms with Crippen molar-refractivity contribution < 1.29 is 23.9 Å². The molecule has 2 rings (SSSR count). The number of ether oxygens (including phenoxy) is 2. The van der Waals surface area contributed by atoms with E-state index in [1.54, 1.807) is 24.1 Å². The molecule has 0 aliphatic heterocycles. The van der Waals surface area contributed by atoms with Crippen molar-refractivity contribution in [3.8, 4) is 0 Å². The van der Waals surface area contributed by atoms with Gasteiger partial charge in [-0.2, -0.15) is 0 Å². The quantitative estimate of drug-likeness (QED) is 0.395. The third-order valence-electron chi connectivity index (χ3n) is 3.95. The third-order valence-corrected chi connectivity index (χ3v) is 6.00. The molecule has 1 saturated carbocycles. The third kappa shape index (κ3) is 5.04. The van der Waals surface area contributed by atoms with Crippen LogP contribution in [-0.4, -0.2) is 41.7 Å². The van der Waals surface area contributed by atoms with Crippen LogP contribution in [0.4, 0.5) is 0 Å². The maximum atomic E-state index is 11.6. The molecule has 1 fully saturated rings. The van der Waals surface area contributed by atoms with E-state index in [0.717, 1.165) is 35.6 Å². The second-order valence-electron chi connectivity index (χ2n) is 5.55. The van der Waals surface area contributed by atoms with Crippen LogP contribution in [0.15, 0.2) is 9.72 Å². The van der Waals surface area contributed by atoms with E-state index in [-0.39, 0.29) is 23.9 Å². The number of aromatic nitrogens is 1. The molecular weight excluding hydrogens is 350 g/mol. The molecular formula is C16H21NO5S2. The SMILES string of the molecule is CCOC(=O)c1csc(SCC[C@H]2[C@@H](OC(C)=O)CC[C@@H]2C=O)n1. The lowest BCUT2D eigenvalue weighted by Crippen LogP contribution is -2.25. The minimum atomic E-state index is -0.410. The fraction of sp³-hybridized carbons (Fsp3) is 0.625. The van der Waals surface area contributed by atoms with Crippen LogP contribution in [0.5, 0.6) is 0 Å². The molecule has 6 nitrogen and oxygen atoms in total. The zero-order valence-corrected chi connectivity index (χ0v) is 15.4. The first-order valence-electron chi connectivity index (χ1n) is 7.93. The Kier molecular flexibility index (Phi) is 7.23. The summed E-state index contributed by atoms with van der Waals surface area (Å²) in [6.45, 7) is 3.47. The standard InChI is InChI=1S/C16H21NO5S2/c1-3-21-15(20)13-9-24-16(17-13)23-7-6-12-11(8-18)4-5-14(12)22-10(2)19/h8-9,11-12,14H,3-7H2,1-2H3/t11-,12-,14+/m1/s1.